The van der Waals surface area contributed by atoms with Gasteiger partial charge in [0.05, 0.1) is 28.7 Å². The molecular weight excluding hydrogens is 298 g/mol. The van der Waals surface area contributed by atoms with E-state index < -0.39 is 0 Å². The molecule has 0 unspecified atom stereocenters. The highest BCUT2D eigenvalue weighted by atomic mass is 32.2. The third-order valence-corrected chi connectivity index (χ3v) is 3.95. The number of imidazole rings is 1. The third-order valence-electron chi connectivity index (χ3n) is 3.08. The number of hydrazone groups is 1. The fourth-order valence-electron chi connectivity index (χ4n) is 1.94. The van der Waals surface area contributed by atoms with E-state index in [9.17, 15) is 4.79 Å². The van der Waals surface area contributed by atoms with Crippen LogP contribution in [0.2, 0.25) is 0 Å². The predicted octanol–water partition coefficient (Wildman–Crippen LogP) is 2.14. The molecule has 2 aromatic heterocycles. The van der Waals surface area contributed by atoms with Crippen LogP contribution in [0.3, 0.4) is 0 Å². The van der Waals surface area contributed by atoms with Gasteiger partial charge < -0.3 is 9.55 Å². The van der Waals surface area contributed by atoms with E-state index in [1.165, 1.54) is 11.8 Å². The fourth-order valence-corrected chi connectivity index (χ4v) is 2.62. The average molecular weight is 313 g/mol. The number of carbonyl (C=O) groups is 1. The Morgan fingerprint density at radius 2 is 2.27 bits per heavy atom. The van der Waals surface area contributed by atoms with Crippen LogP contribution >= 0.6 is 11.8 Å². The molecule has 6 nitrogen and oxygen atoms in total. The van der Waals surface area contributed by atoms with E-state index in [0.29, 0.717) is 0 Å². The standard InChI is InChI=1S/C15H15N5OS/c1-20-8-4-5-11(20)9-16-19-14(21)10-22-15-17-12-6-2-3-7-13(12)18-15/h2-9H,10H2,1H3,(H,17,18)(H,19,21)/b16-9-. The summed E-state index contributed by atoms with van der Waals surface area (Å²) in [7, 11) is 1.92. The van der Waals surface area contributed by atoms with Crippen LogP contribution in [0.25, 0.3) is 11.0 Å². The van der Waals surface area contributed by atoms with Gasteiger partial charge in [0, 0.05) is 13.2 Å². The van der Waals surface area contributed by atoms with E-state index in [1.807, 2.05) is 54.2 Å². The minimum atomic E-state index is -0.170. The Labute approximate surface area is 131 Å². The number of nitrogens with zero attached hydrogens (tertiary/aromatic N) is 3. The van der Waals surface area contributed by atoms with Crippen LogP contribution in [-0.2, 0) is 11.8 Å². The molecule has 0 atom stereocenters. The molecule has 22 heavy (non-hydrogen) atoms. The maximum Gasteiger partial charge on any atom is 0.250 e. The van der Waals surface area contributed by atoms with Gasteiger partial charge in [0.2, 0.25) is 0 Å². The van der Waals surface area contributed by atoms with Crippen molar-refractivity contribution in [1.82, 2.24) is 20.0 Å². The Morgan fingerprint density at radius 3 is 3.05 bits per heavy atom. The van der Waals surface area contributed by atoms with Gasteiger partial charge in [-0.3, -0.25) is 4.79 Å². The first-order chi connectivity index (χ1) is 10.7. The Bertz CT molecular complexity index is 787. The molecule has 0 aliphatic rings. The minimum absolute atomic E-state index is 0.170. The summed E-state index contributed by atoms with van der Waals surface area (Å²) >= 11 is 1.35. The van der Waals surface area contributed by atoms with Crippen molar-refractivity contribution < 1.29 is 4.79 Å². The first-order valence-electron chi connectivity index (χ1n) is 6.73. The van der Waals surface area contributed by atoms with Crippen molar-refractivity contribution in [3.05, 3.63) is 48.3 Å². The summed E-state index contributed by atoms with van der Waals surface area (Å²) in [5.74, 6) is 0.0838. The number of benzene rings is 1. The second kappa shape index (κ2) is 6.48. The molecule has 1 amide bonds. The number of thioether (sulfide) groups is 1. The molecule has 0 saturated carbocycles. The highest BCUT2D eigenvalue weighted by molar-refractivity contribution is 7.99. The van der Waals surface area contributed by atoms with Gasteiger partial charge in [0.1, 0.15) is 0 Å². The minimum Gasteiger partial charge on any atom is -0.350 e. The van der Waals surface area contributed by atoms with E-state index in [4.69, 9.17) is 0 Å². The first kappa shape index (κ1) is 14.4. The highest BCUT2D eigenvalue weighted by Crippen LogP contribution is 2.18. The zero-order chi connectivity index (χ0) is 15.4. The molecule has 0 radical (unpaired) electrons. The number of aromatic nitrogens is 3. The number of H-pyrrole nitrogens is 1. The fraction of sp³-hybridized carbons (Fsp3) is 0.133. The summed E-state index contributed by atoms with van der Waals surface area (Å²) in [6, 6.07) is 11.6. The van der Waals surface area contributed by atoms with Gasteiger partial charge in [0.25, 0.3) is 5.91 Å². The number of carbonyl (C=O) groups excluding carboxylic acids is 1. The number of aromatic amines is 1. The quantitative estimate of drug-likeness (QED) is 0.430. The van der Waals surface area contributed by atoms with E-state index >= 15 is 0 Å². The van der Waals surface area contributed by atoms with Gasteiger partial charge >= 0.3 is 0 Å². The van der Waals surface area contributed by atoms with Gasteiger partial charge in [-0.2, -0.15) is 5.10 Å². The number of rotatable bonds is 5. The first-order valence-corrected chi connectivity index (χ1v) is 7.72. The van der Waals surface area contributed by atoms with Gasteiger partial charge in [-0.05, 0) is 24.3 Å². The maximum atomic E-state index is 11.8. The summed E-state index contributed by atoms with van der Waals surface area (Å²) in [6.45, 7) is 0. The van der Waals surface area contributed by atoms with Crippen LogP contribution in [0, 0.1) is 0 Å². The zero-order valence-electron chi connectivity index (χ0n) is 12.0. The molecule has 1 aromatic carbocycles. The molecule has 2 heterocycles. The number of hydrogen-bond donors (Lipinski definition) is 2. The topological polar surface area (TPSA) is 75.1 Å². The van der Waals surface area contributed by atoms with Gasteiger partial charge in [-0.1, -0.05) is 23.9 Å². The van der Waals surface area contributed by atoms with Crippen LogP contribution in [0.5, 0.6) is 0 Å². The van der Waals surface area contributed by atoms with E-state index in [0.717, 1.165) is 21.9 Å². The summed E-state index contributed by atoms with van der Waals surface area (Å²) < 4.78 is 1.92. The van der Waals surface area contributed by atoms with E-state index in [1.54, 1.807) is 6.21 Å². The normalized spacial score (nSPS) is 11.3. The smallest absolute Gasteiger partial charge is 0.250 e. The summed E-state index contributed by atoms with van der Waals surface area (Å²) in [4.78, 5) is 19.3. The van der Waals surface area contributed by atoms with Crippen LogP contribution in [0.15, 0.2) is 52.9 Å². The average Bonchev–Trinajstić information content (AvgIpc) is 3.11. The maximum absolute atomic E-state index is 11.8. The molecule has 0 spiro atoms. The number of nitrogens with one attached hydrogen (secondary N) is 2. The molecule has 0 fully saturated rings. The Hall–Kier alpha value is -2.54. The Kier molecular flexibility index (Phi) is 4.24. The third kappa shape index (κ3) is 3.37. The second-order valence-electron chi connectivity index (χ2n) is 4.68. The lowest BCUT2D eigenvalue weighted by atomic mass is 10.3. The SMILES string of the molecule is Cn1cccc1/C=N\NC(=O)CSc1nc2ccccc2[nH]1. The molecule has 112 valence electrons. The van der Waals surface area contributed by atoms with Gasteiger partial charge in [0.15, 0.2) is 5.16 Å². The van der Waals surface area contributed by atoms with Crippen LogP contribution in [-0.4, -0.2) is 32.4 Å². The molecule has 3 rings (SSSR count). The number of para-hydroxylation sites is 2. The zero-order valence-corrected chi connectivity index (χ0v) is 12.8. The Morgan fingerprint density at radius 1 is 1.41 bits per heavy atom. The van der Waals surface area contributed by atoms with Gasteiger partial charge in [-0.15, -0.1) is 0 Å². The number of amides is 1. The molecule has 0 bridgehead atoms. The van der Waals surface area contributed by atoms with Crippen molar-refractivity contribution in [2.45, 2.75) is 5.16 Å². The van der Waals surface area contributed by atoms with Crippen LogP contribution in [0.4, 0.5) is 0 Å². The van der Waals surface area contributed by atoms with Crippen molar-refractivity contribution in [2.24, 2.45) is 12.1 Å². The monoisotopic (exact) mass is 313 g/mol. The highest BCUT2D eigenvalue weighted by Gasteiger charge is 2.06. The molecule has 0 aliphatic carbocycles. The van der Waals surface area contributed by atoms with Crippen LogP contribution < -0.4 is 5.43 Å². The van der Waals surface area contributed by atoms with E-state index in [2.05, 4.69) is 20.5 Å². The lowest BCUT2D eigenvalue weighted by Crippen LogP contribution is -2.19. The molecule has 2 N–H and O–H groups in total. The number of fused-ring (bicyclic) bond motifs is 1. The Balaban J connectivity index is 1.52. The molecular formula is C15H15N5OS. The molecule has 3 aromatic rings. The summed E-state index contributed by atoms with van der Waals surface area (Å²) in [5, 5.41) is 4.67. The van der Waals surface area contributed by atoms with E-state index in [-0.39, 0.29) is 11.7 Å². The van der Waals surface area contributed by atoms with Crippen LogP contribution in [0.1, 0.15) is 5.69 Å². The number of hydrogen-bond acceptors (Lipinski definition) is 4. The number of aryl methyl sites for hydroxylation is 1. The van der Waals surface area contributed by atoms with Gasteiger partial charge in [-0.25, -0.2) is 10.4 Å². The van der Waals surface area contributed by atoms with Crippen molar-refractivity contribution >= 4 is 34.9 Å². The van der Waals surface area contributed by atoms with Crippen molar-refractivity contribution in [3.8, 4) is 0 Å². The lowest BCUT2D eigenvalue weighted by Gasteiger charge is -1.98. The van der Waals surface area contributed by atoms with Crippen molar-refractivity contribution in [2.75, 3.05) is 5.75 Å². The van der Waals surface area contributed by atoms with Crippen molar-refractivity contribution in [1.29, 1.82) is 0 Å². The summed E-state index contributed by atoms with van der Waals surface area (Å²) in [5.41, 5.74) is 5.29. The summed E-state index contributed by atoms with van der Waals surface area (Å²) in [6.07, 6.45) is 3.53. The molecule has 0 aliphatic heterocycles. The molecule has 7 heteroatoms. The second-order valence-corrected chi connectivity index (χ2v) is 5.65. The lowest BCUT2D eigenvalue weighted by molar-refractivity contribution is -0.118. The largest absolute Gasteiger partial charge is 0.350 e. The van der Waals surface area contributed by atoms with Crippen molar-refractivity contribution in [3.63, 3.8) is 0 Å². The molecule has 0 saturated heterocycles. The predicted molar refractivity (Wildman–Crippen MR) is 88.0 cm³/mol.